The van der Waals surface area contributed by atoms with Crippen LogP contribution in [-0.2, 0) is 42.9 Å². The zero-order valence-electron chi connectivity index (χ0n) is 22.4. The van der Waals surface area contributed by atoms with Gasteiger partial charge in [-0.2, -0.15) is 0 Å². The fourth-order valence-corrected chi connectivity index (χ4v) is 3.95. The van der Waals surface area contributed by atoms with Crippen molar-refractivity contribution >= 4 is 35.7 Å². The normalized spacial score (nSPS) is 22.1. The maximum Gasteiger partial charge on any atom is 0.303 e. The van der Waals surface area contributed by atoms with Crippen molar-refractivity contribution in [1.29, 1.82) is 0 Å². The highest BCUT2D eigenvalue weighted by molar-refractivity contribution is 6.06. The van der Waals surface area contributed by atoms with Crippen LogP contribution in [0.25, 0.3) is 6.08 Å². The van der Waals surface area contributed by atoms with E-state index in [9.17, 15) is 24.0 Å². The molecule has 1 saturated heterocycles. The summed E-state index contributed by atoms with van der Waals surface area (Å²) >= 11 is 0. The molecule has 0 N–H and O–H groups in total. The van der Waals surface area contributed by atoms with Gasteiger partial charge in [-0.25, -0.2) is 0 Å². The first-order valence-electron chi connectivity index (χ1n) is 12.4. The van der Waals surface area contributed by atoms with E-state index in [1.165, 1.54) is 13.0 Å². The van der Waals surface area contributed by atoms with Crippen LogP contribution in [0.5, 0.6) is 5.75 Å². The Labute approximate surface area is 230 Å². The average molecular weight is 555 g/mol. The van der Waals surface area contributed by atoms with Gasteiger partial charge in [0.25, 0.3) is 0 Å². The molecule has 0 unspecified atom stereocenters. The standard InChI is InChI=1S/C29H30O11/c1-17(30)35-16-25-26(36-18(2)31)27(37-19(3)32)28(38-20(4)33)29(40-25)39-23-13-10-21(11-14-23)12-15-24(34)22-8-6-5-7-9-22/h5-15,25-29H,16H2,1-4H3/b15-12+/t25-,26-,27+,28-,29-/m1/s1. The number of hydrogen-bond acceptors (Lipinski definition) is 11. The molecule has 1 heterocycles. The van der Waals surface area contributed by atoms with Crippen LogP contribution in [0, 0.1) is 0 Å². The van der Waals surface area contributed by atoms with Crippen LogP contribution in [0.15, 0.2) is 60.7 Å². The van der Waals surface area contributed by atoms with Gasteiger partial charge in [0.05, 0.1) is 0 Å². The Balaban J connectivity index is 1.85. The molecule has 5 atom stereocenters. The van der Waals surface area contributed by atoms with Gasteiger partial charge in [-0.05, 0) is 23.8 Å². The van der Waals surface area contributed by atoms with Crippen LogP contribution in [0.3, 0.4) is 0 Å². The molecule has 0 amide bonds. The number of ether oxygens (including phenoxy) is 6. The van der Waals surface area contributed by atoms with E-state index in [2.05, 4.69) is 0 Å². The van der Waals surface area contributed by atoms with E-state index < -0.39 is 54.6 Å². The molecule has 0 aromatic heterocycles. The first kappa shape index (κ1) is 30.0. The lowest BCUT2D eigenvalue weighted by Crippen LogP contribution is -2.63. The van der Waals surface area contributed by atoms with Gasteiger partial charge >= 0.3 is 23.9 Å². The summed E-state index contributed by atoms with van der Waals surface area (Å²) in [6.07, 6.45) is -3.34. The van der Waals surface area contributed by atoms with Gasteiger partial charge < -0.3 is 28.4 Å². The second kappa shape index (κ2) is 14.0. The third kappa shape index (κ3) is 8.77. The Morgan fingerprint density at radius 1 is 0.725 bits per heavy atom. The van der Waals surface area contributed by atoms with E-state index in [0.717, 1.165) is 20.8 Å². The summed E-state index contributed by atoms with van der Waals surface area (Å²) in [4.78, 5) is 59.5. The molecule has 1 aliphatic rings. The Morgan fingerprint density at radius 2 is 1.30 bits per heavy atom. The van der Waals surface area contributed by atoms with Crippen LogP contribution in [0.2, 0.25) is 0 Å². The molecule has 1 fully saturated rings. The third-order valence-corrected chi connectivity index (χ3v) is 5.57. The van der Waals surface area contributed by atoms with Gasteiger partial charge in [-0.1, -0.05) is 48.5 Å². The summed E-state index contributed by atoms with van der Waals surface area (Å²) in [5.74, 6) is -2.70. The van der Waals surface area contributed by atoms with Crippen molar-refractivity contribution in [3.05, 3.63) is 71.8 Å². The molecule has 0 spiro atoms. The van der Waals surface area contributed by atoms with Crippen LogP contribution < -0.4 is 4.74 Å². The number of carbonyl (C=O) groups is 5. The number of hydrogen-bond donors (Lipinski definition) is 0. The predicted octanol–water partition coefficient (Wildman–Crippen LogP) is 3.04. The highest BCUT2D eigenvalue weighted by atomic mass is 16.7. The van der Waals surface area contributed by atoms with Gasteiger partial charge in [0.15, 0.2) is 18.0 Å². The van der Waals surface area contributed by atoms with Gasteiger partial charge in [-0.15, -0.1) is 0 Å². The molecule has 40 heavy (non-hydrogen) atoms. The maximum absolute atomic E-state index is 12.3. The maximum atomic E-state index is 12.3. The lowest BCUT2D eigenvalue weighted by Gasteiger charge is -2.43. The molecule has 2 aromatic carbocycles. The lowest BCUT2D eigenvalue weighted by molar-refractivity contribution is -0.288. The summed E-state index contributed by atoms with van der Waals surface area (Å²) < 4.78 is 33.1. The molecule has 2 aromatic rings. The van der Waals surface area contributed by atoms with E-state index in [-0.39, 0.29) is 18.1 Å². The predicted molar refractivity (Wildman–Crippen MR) is 139 cm³/mol. The summed E-state index contributed by atoms with van der Waals surface area (Å²) in [5.41, 5.74) is 1.26. The van der Waals surface area contributed by atoms with Gasteiger partial charge in [0.2, 0.25) is 12.4 Å². The topological polar surface area (TPSA) is 141 Å². The number of ketones is 1. The zero-order chi connectivity index (χ0) is 29.2. The second-order valence-corrected chi connectivity index (χ2v) is 8.82. The summed E-state index contributed by atoms with van der Waals surface area (Å²) in [5, 5.41) is 0. The minimum atomic E-state index is -1.35. The van der Waals surface area contributed by atoms with Crippen LogP contribution in [0.4, 0.5) is 0 Å². The van der Waals surface area contributed by atoms with E-state index in [1.807, 2.05) is 6.07 Å². The van der Waals surface area contributed by atoms with E-state index >= 15 is 0 Å². The van der Waals surface area contributed by atoms with Gasteiger partial charge in [-0.3, -0.25) is 24.0 Å². The van der Waals surface area contributed by atoms with Crippen LogP contribution in [-0.4, -0.2) is 67.0 Å². The second-order valence-electron chi connectivity index (χ2n) is 8.82. The summed E-state index contributed by atoms with van der Waals surface area (Å²) in [6, 6.07) is 15.4. The molecule has 11 heteroatoms. The first-order chi connectivity index (χ1) is 19.0. The van der Waals surface area contributed by atoms with Crippen molar-refractivity contribution in [1.82, 2.24) is 0 Å². The minimum Gasteiger partial charge on any atom is -0.463 e. The van der Waals surface area contributed by atoms with Crippen molar-refractivity contribution in [3.8, 4) is 5.75 Å². The molecule has 212 valence electrons. The SMILES string of the molecule is CC(=O)OC[C@H]1O[C@@H](Oc2ccc(/C=C/C(=O)c3ccccc3)cc2)[C@H](OC(C)=O)[C@@H](OC(C)=O)[C@@H]1OC(C)=O. The summed E-state index contributed by atoms with van der Waals surface area (Å²) in [6.45, 7) is 4.24. The number of esters is 4. The van der Waals surface area contributed by atoms with Crippen molar-refractivity contribution in [2.24, 2.45) is 0 Å². The highest BCUT2D eigenvalue weighted by Gasteiger charge is 2.53. The molecular weight excluding hydrogens is 524 g/mol. The minimum absolute atomic E-state index is 0.154. The fraction of sp³-hybridized carbons (Fsp3) is 0.345. The van der Waals surface area contributed by atoms with E-state index in [4.69, 9.17) is 28.4 Å². The Kier molecular flexibility index (Phi) is 10.5. The van der Waals surface area contributed by atoms with Crippen molar-refractivity contribution < 1.29 is 52.4 Å². The van der Waals surface area contributed by atoms with Gasteiger partial charge in [0, 0.05) is 33.3 Å². The van der Waals surface area contributed by atoms with Crippen molar-refractivity contribution in [2.75, 3.05) is 6.61 Å². The number of benzene rings is 2. The number of allylic oxidation sites excluding steroid dienone is 1. The zero-order valence-corrected chi connectivity index (χ0v) is 22.4. The largest absolute Gasteiger partial charge is 0.463 e. The fourth-order valence-electron chi connectivity index (χ4n) is 3.95. The van der Waals surface area contributed by atoms with Crippen molar-refractivity contribution in [3.63, 3.8) is 0 Å². The van der Waals surface area contributed by atoms with Crippen LogP contribution in [0.1, 0.15) is 43.6 Å². The molecular formula is C29H30O11. The molecule has 1 aliphatic heterocycles. The van der Waals surface area contributed by atoms with E-state index in [0.29, 0.717) is 11.1 Å². The Bertz CT molecular complexity index is 1240. The molecule has 11 nitrogen and oxygen atoms in total. The van der Waals surface area contributed by atoms with Crippen molar-refractivity contribution in [2.45, 2.75) is 58.4 Å². The quantitative estimate of drug-likeness (QED) is 0.185. The molecule has 0 saturated carbocycles. The van der Waals surface area contributed by atoms with E-state index in [1.54, 1.807) is 54.6 Å². The highest BCUT2D eigenvalue weighted by Crippen LogP contribution is 2.31. The molecule has 3 rings (SSSR count). The van der Waals surface area contributed by atoms with Gasteiger partial charge in [0.1, 0.15) is 18.5 Å². The number of carbonyl (C=O) groups excluding carboxylic acids is 5. The third-order valence-electron chi connectivity index (χ3n) is 5.57. The monoisotopic (exact) mass is 554 g/mol. The molecule has 0 bridgehead atoms. The number of rotatable bonds is 10. The average Bonchev–Trinajstić information content (AvgIpc) is 2.90. The Morgan fingerprint density at radius 3 is 1.88 bits per heavy atom. The molecule has 0 radical (unpaired) electrons. The summed E-state index contributed by atoms with van der Waals surface area (Å²) in [7, 11) is 0. The Hall–Kier alpha value is -4.51. The van der Waals surface area contributed by atoms with Crippen LogP contribution >= 0.6 is 0 Å². The lowest BCUT2D eigenvalue weighted by atomic mass is 9.98. The molecule has 0 aliphatic carbocycles. The smallest absolute Gasteiger partial charge is 0.303 e. The first-order valence-corrected chi connectivity index (χ1v) is 12.4.